The van der Waals surface area contributed by atoms with Gasteiger partial charge in [0.05, 0.1) is 17.3 Å². The van der Waals surface area contributed by atoms with Crippen LogP contribution >= 0.6 is 0 Å². The molecule has 1 aliphatic rings. The first-order valence-electron chi connectivity index (χ1n) is 10.3. The molecule has 1 saturated heterocycles. The van der Waals surface area contributed by atoms with Crippen molar-refractivity contribution in [2.45, 2.75) is 32.4 Å². The van der Waals surface area contributed by atoms with E-state index in [1.54, 1.807) is 48.2 Å². The van der Waals surface area contributed by atoms with Crippen molar-refractivity contribution in [2.24, 2.45) is 5.73 Å². The molecule has 8 heteroatoms. The topological polar surface area (TPSA) is 98.4 Å². The predicted molar refractivity (Wildman–Crippen MR) is 115 cm³/mol. The van der Waals surface area contributed by atoms with Crippen LogP contribution in [0.25, 0.3) is 0 Å². The quantitative estimate of drug-likeness (QED) is 0.639. The van der Waals surface area contributed by atoms with Gasteiger partial charge in [0.15, 0.2) is 5.82 Å². The molecule has 2 N–H and O–H groups in total. The lowest BCUT2D eigenvalue weighted by Crippen LogP contribution is -2.31. The summed E-state index contributed by atoms with van der Waals surface area (Å²) in [5.41, 5.74) is 7.44. The molecule has 2 aromatic carbocycles. The molecule has 1 fully saturated rings. The summed E-state index contributed by atoms with van der Waals surface area (Å²) >= 11 is 0. The summed E-state index contributed by atoms with van der Waals surface area (Å²) in [6.07, 6.45) is 2.99. The standard InChI is InChI=1S/C24H23FN4O3/c1-15-20(22(26)30)13-27-23(28-15)21-6-3-11-29(21)24(31)17-4-2-5-19(12-17)32-14-16-7-9-18(25)10-8-16/h2,4-5,7-10,12-13,21H,3,6,11,14H2,1H3,(H2,26,30)/t21-/m1/s1. The normalized spacial score (nSPS) is 15.6. The van der Waals surface area contributed by atoms with Gasteiger partial charge in [-0.25, -0.2) is 14.4 Å². The number of hydrogen-bond acceptors (Lipinski definition) is 5. The Hall–Kier alpha value is -3.81. The Morgan fingerprint density at radius 1 is 1.22 bits per heavy atom. The highest BCUT2D eigenvalue weighted by atomic mass is 19.1. The number of nitrogens with zero attached hydrogens (tertiary/aromatic N) is 3. The molecule has 4 rings (SSSR count). The zero-order valence-electron chi connectivity index (χ0n) is 17.6. The molecule has 1 aliphatic heterocycles. The van der Waals surface area contributed by atoms with Gasteiger partial charge in [-0.1, -0.05) is 18.2 Å². The third-order valence-corrected chi connectivity index (χ3v) is 5.47. The van der Waals surface area contributed by atoms with Gasteiger partial charge in [-0.05, 0) is 55.7 Å². The molecule has 1 atom stereocenters. The first-order valence-corrected chi connectivity index (χ1v) is 10.3. The number of halogens is 1. The summed E-state index contributed by atoms with van der Waals surface area (Å²) in [5, 5.41) is 0. The van der Waals surface area contributed by atoms with E-state index >= 15 is 0 Å². The molecule has 164 valence electrons. The summed E-state index contributed by atoms with van der Waals surface area (Å²) in [5.74, 6) is 0.0339. The van der Waals surface area contributed by atoms with Crippen LogP contribution in [-0.4, -0.2) is 33.2 Å². The van der Waals surface area contributed by atoms with Crippen molar-refractivity contribution in [2.75, 3.05) is 6.54 Å². The van der Waals surface area contributed by atoms with Crippen molar-refractivity contribution in [3.63, 3.8) is 0 Å². The number of ether oxygens (including phenoxy) is 1. The highest BCUT2D eigenvalue weighted by Gasteiger charge is 2.33. The predicted octanol–water partition coefficient (Wildman–Crippen LogP) is 3.58. The van der Waals surface area contributed by atoms with E-state index in [9.17, 15) is 14.0 Å². The fourth-order valence-corrected chi connectivity index (χ4v) is 3.80. The molecule has 0 bridgehead atoms. The van der Waals surface area contributed by atoms with Gasteiger partial charge in [-0.15, -0.1) is 0 Å². The Morgan fingerprint density at radius 3 is 2.72 bits per heavy atom. The number of hydrogen-bond donors (Lipinski definition) is 1. The summed E-state index contributed by atoms with van der Waals surface area (Å²) in [6, 6.07) is 12.8. The van der Waals surface area contributed by atoms with Crippen LogP contribution in [-0.2, 0) is 6.61 Å². The molecule has 0 saturated carbocycles. The van der Waals surface area contributed by atoms with Crippen LogP contribution in [0.5, 0.6) is 5.75 Å². The molecule has 7 nitrogen and oxygen atoms in total. The maximum Gasteiger partial charge on any atom is 0.254 e. The lowest BCUT2D eigenvalue weighted by Gasteiger charge is -2.24. The van der Waals surface area contributed by atoms with Crippen LogP contribution in [0.4, 0.5) is 4.39 Å². The molecular weight excluding hydrogens is 411 g/mol. The number of likely N-dealkylation sites (tertiary alicyclic amines) is 1. The smallest absolute Gasteiger partial charge is 0.254 e. The van der Waals surface area contributed by atoms with Crippen molar-refractivity contribution in [3.05, 3.63) is 88.8 Å². The lowest BCUT2D eigenvalue weighted by molar-refractivity contribution is 0.0728. The van der Waals surface area contributed by atoms with E-state index in [4.69, 9.17) is 10.5 Å². The van der Waals surface area contributed by atoms with Crippen molar-refractivity contribution < 1.29 is 18.7 Å². The lowest BCUT2D eigenvalue weighted by atomic mass is 10.1. The van der Waals surface area contributed by atoms with E-state index in [1.807, 2.05) is 0 Å². The Labute approximate surface area is 185 Å². The third-order valence-electron chi connectivity index (χ3n) is 5.47. The van der Waals surface area contributed by atoms with Crippen LogP contribution in [0.2, 0.25) is 0 Å². The number of nitrogens with two attached hydrogens (primary N) is 1. The van der Waals surface area contributed by atoms with Crippen LogP contribution in [0.15, 0.2) is 54.7 Å². The average Bonchev–Trinajstić information content (AvgIpc) is 3.28. The second-order valence-electron chi connectivity index (χ2n) is 7.69. The summed E-state index contributed by atoms with van der Waals surface area (Å²) in [4.78, 5) is 35.2. The Kier molecular flexibility index (Phi) is 6.11. The molecule has 0 spiro atoms. The number of carbonyl (C=O) groups is 2. The van der Waals surface area contributed by atoms with Crippen molar-refractivity contribution >= 4 is 11.8 Å². The fourth-order valence-electron chi connectivity index (χ4n) is 3.80. The Bertz CT molecular complexity index is 1150. The highest BCUT2D eigenvalue weighted by molar-refractivity contribution is 5.95. The second-order valence-corrected chi connectivity index (χ2v) is 7.69. The van der Waals surface area contributed by atoms with Gasteiger partial charge >= 0.3 is 0 Å². The molecule has 1 aromatic heterocycles. The monoisotopic (exact) mass is 434 g/mol. The van der Waals surface area contributed by atoms with E-state index in [1.165, 1.54) is 18.3 Å². The zero-order valence-corrected chi connectivity index (χ0v) is 17.6. The molecule has 0 radical (unpaired) electrons. The van der Waals surface area contributed by atoms with Crippen molar-refractivity contribution in [1.82, 2.24) is 14.9 Å². The number of amides is 2. The van der Waals surface area contributed by atoms with E-state index in [2.05, 4.69) is 9.97 Å². The van der Waals surface area contributed by atoms with Gasteiger partial charge in [-0.2, -0.15) is 0 Å². The maximum atomic E-state index is 13.3. The maximum absolute atomic E-state index is 13.3. The SMILES string of the molecule is Cc1nc([C@H]2CCCN2C(=O)c2cccc(OCc3ccc(F)cc3)c2)ncc1C(N)=O. The Morgan fingerprint density at radius 2 is 2.00 bits per heavy atom. The summed E-state index contributed by atoms with van der Waals surface area (Å²) in [7, 11) is 0. The number of primary amides is 1. The number of rotatable bonds is 6. The van der Waals surface area contributed by atoms with E-state index in [0.29, 0.717) is 29.4 Å². The minimum atomic E-state index is -0.578. The van der Waals surface area contributed by atoms with Crippen LogP contribution in [0.1, 0.15) is 56.7 Å². The van der Waals surface area contributed by atoms with Gasteiger partial charge < -0.3 is 15.4 Å². The van der Waals surface area contributed by atoms with Gasteiger partial charge in [0.1, 0.15) is 18.2 Å². The number of carbonyl (C=O) groups excluding carboxylic acids is 2. The van der Waals surface area contributed by atoms with Crippen molar-refractivity contribution in [3.8, 4) is 5.75 Å². The molecule has 2 heterocycles. The van der Waals surface area contributed by atoms with Gasteiger partial charge in [0.25, 0.3) is 11.8 Å². The second kappa shape index (κ2) is 9.13. The minimum absolute atomic E-state index is 0.139. The van der Waals surface area contributed by atoms with E-state index < -0.39 is 5.91 Å². The first-order chi connectivity index (χ1) is 15.4. The first kappa shape index (κ1) is 21.4. The van der Waals surface area contributed by atoms with E-state index in [0.717, 1.165) is 18.4 Å². The van der Waals surface area contributed by atoms with Crippen LogP contribution in [0.3, 0.4) is 0 Å². The van der Waals surface area contributed by atoms with Crippen LogP contribution < -0.4 is 10.5 Å². The number of aromatic nitrogens is 2. The van der Waals surface area contributed by atoms with Crippen molar-refractivity contribution in [1.29, 1.82) is 0 Å². The summed E-state index contributed by atoms with van der Waals surface area (Å²) < 4.78 is 18.8. The molecule has 0 aliphatic carbocycles. The van der Waals surface area contributed by atoms with Gasteiger partial charge in [0, 0.05) is 18.3 Å². The molecule has 32 heavy (non-hydrogen) atoms. The fraction of sp³-hybridized carbons (Fsp3) is 0.250. The van der Waals surface area contributed by atoms with Gasteiger partial charge in [0.2, 0.25) is 0 Å². The molecule has 0 unspecified atom stereocenters. The minimum Gasteiger partial charge on any atom is -0.489 e. The average molecular weight is 434 g/mol. The Balaban J connectivity index is 1.49. The van der Waals surface area contributed by atoms with Gasteiger partial charge in [-0.3, -0.25) is 9.59 Å². The number of aryl methyl sites for hydroxylation is 1. The zero-order chi connectivity index (χ0) is 22.7. The largest absolute Gasteiger partial charge is 0.489 e. The summed E-state index contributed by atoms with van der Waals surface area (Å²) in [6.45, 7) is 2.56. The van der Waals surface area contributed by atoms with Crippen LogP contribution in [0, 0.1) is 12.7 Å². The molecular formula is C24H23FN4O3. The highest BCUT2D eigenvalue weighted by Crippen LogP contribution is 2.32. The third kappa shape index (κ3) is 4.59. The van der Waals surface area contributed by atoms with E-state index in [-0.39, 0.29) is 29.9 Å². The molecule has 2 amide bonds. The molecule has 3 aromatic rings. The number of benzene rings is 2.